The van der Waals surface area contributed by atoms with E-state index in [1.54, 1.807) is 6.07 Å². The summed E-state index contributed by atoms with van der Waals surface area (Å²) in [6.07, 6.45) is 0.461. The van der Waals surface area contributed by atoms with Crippen molar-refractivity contribution in [3.63, 3.8) is 0 Å². The normalized spacial score (nSPS) is 11.9. The number of benzene rings is 2. The van der Waals surface area contributed by atoms with Gasteiger partial charge in [-0.05, 0) is 18.1 Å². The number of esters is 1. The van der Waals surface area contributed by atoms with Gasteiger partial charge in [-0.3, -0.25) is 4.79 Å². The number of nitrogens with two attached hydrogens (primary N) is 1. The number of hydrogen-bond acceptors (Lipinski definition) is 3. The Bertz CT molecular complexity index is 572. The molecule has 0 fully saturated rings. The lowest BCUT2D eigenvalue weighted by molar-refractivity contribution is -0.146. The van der Waals surface area contributed by atoms with Gasteiger partial charge in [0.25, 0.3) is 0 Å². The number of hydrogen-bond donors (Lipinski definition) is 1. The highest BCUT2D eigenvalue weighted by atomic mass is 35.5. The van der Waals surface area contributed by atoms with Crippen LogP contribution in [0.3, 0.4) is 0 Å². The van der Waals surface area contributed by atoms with E-state index in [9.17, 15) is 4.79 Å². The first-order chi connectivity index (χ1) is 9.66. The van der Waals surface area contributed by atoms with Gasteiger partial charge in [-0.15, -0.1) is 0 Å². The van der Waals surface area contributed by atoms with E-state index >= 15 is 0 Å². The van der Waals surface area contributed by atoms with Crippen LogP contribution in [0.4, 0.5) is 0 Å². The first-order valence-corrected chi connectivity index (χ1v) is 6.74. The molecule has 0 heterocycles. The fourth-order valence-corrected chi connectivity index (χ4v) is 2.01. The summed E-state index contributed by atoms with van der Waals surface area (Å²) in [6, 6.07) is 16.2. The lowest BCUT2D eigenvalue weighted by Crippen LogP contribution is -2.34. The Balaban J connectivity index is 1.87. The number of carbonyl (C=O) groups excluding carboxylic acids is 1. The molecule has 0 bridgehead atoms. The van der Waals surface area contributed by atoms with Crippen molar-refractivity contribution in [1.29, 1.82) is 0 Å². The molecule has 1 atom stereocenters. The van der Waals surface area contributed by atoms with Gasteiger partial charge in [-0.1, -0.05) is 60.1 Å². The fraction of sp³-hybridized carbons (Fsp3) is 0.188. The van der Waals surface area contributed by atoms with Crippen molar-refractivity contribution < 1.29 is 9.53 Å². The average Bonchev–Trinajstić information content (AvgIpc) is 2.47. The van der Waals surface area contributed by atoms with E-state index in [4.69, 9.17) is 22.1 Å². The van der Waals surface area contributed by atoms with Crippen molar-refractivity contribution >= 4 is 17.6 Å². The fourth-order valence-electron chi connectivity index (χ4n) is 1.82. The van der Waals surface area contributed by atoms with Gasteiger partial charge in [0.1, 0.15) is 12.6 Å². The predicted molar refractivity (Wildman–Crippen MR) is 79.4 cm³/mol. The van der Waals surface area contributed by atoms with Gasteiger partial charge in [0.2, 0.25) is 0 Å². The molecule has 2 N–H and O–H groups in total. The number of ether oxygens (including phenoxy) is 1. The van der Waals surface area contributed by atoms with Crippen molar-refractivity contribution in [2.24, 2.45) is 5.73 Å². The van der Waals surface area contributed by atoms with Gasteiger partial charge in [-0.25, -0.2) is 0 Å². The largest absolute Gasteiger partial charge is 0.460 e. The predicted octanol–water partition coefficient (Wildman–Crippen LogP) is 2.95. The van der Waals surface area contributed by atoms with Gasteiger partial charge in [-0.2, -0.15) is 0 Å². The maximum absolute atomic E-state index is 11.8. The monoisotopic (exact) mass is 289 g/mol. The number of rotatable bonds is 5. The molecule has 4 heteroatoms. The molecule has 0 unspecified atom stereocenters. The molecule has 0 saturated carbocycles. The second kappa shape index (κ2) is 7.08. The minimum atomic E-state index is -0.667. The van der Waals surface area contributed by atoms with E-state index in [1.165, 1.54) is 0 Å². The van der Waals surface area contributed by atoms with Gasteiger partial charge in [0.05, 0.1) is 0 Å². The topological polar surface area (TPSA) is 52.3 Å². The van der Waals surface area contributed by atoms with Crippen LogP contribution in [-0.4, -0.2) is 12.0 Å². The molecule has 0 aliphatic carbocycles. The quantitative estimate of drug-likeness (QED) is 0.861. The molecular formula is C16H16ClNO2. The Kier molecular flexibility index (Phi) is 5.16. The third kappa shape index (κ3) is 4.08. The number of halogens is 1. The molecule has 0 aliphatic heterocycles. The maximum atomic E-state index is 11.8. The molecule has 2 aromatic carbocycles. The Labute approximate surface area is 123 Å². The van der Waals surface area contributed by atoms with Gasteiger partial charge in [0, 0.05) is 10.6 Å². The summed E-state index contributed by atoms with van der Waals surface area (Å²) in [6.45, 7) is 0.140. The molecule has 3 nitrogen and oxygen atoms in total. The summed E-state index contributed by atoms with van der Waals surface area (Å²) in [5, 5.41) is 0.580. The SMILES string of the molecule is N[C@H](Cc1ccccc1)C(=O)OCc1ccccc1Cl. The van der Waals surface area contributed by atoms with Crippen LogP contribution in [0.1, 0.15) is 11.1 Å². The van der Waals surface area contributed by atoms with Crippen LogP contribution in [0.5, 0.6) is 0 Å². The molecule has 0 amide bonds. The molecule has 2 aromatic rings. The molecular weight excluding hydrogens is 274 g/mol. The summed E-state index contributed by atoms with van der Waals surface area (Å²) in [4.78, 5) is 11.8. The Morgan fingerprint density at radius 2 is 1.75 bits per heavy atom. The highest BCUT2D eigenvalue weighted by molar-refractivity contribution is 6.31. The van der Waals surface area contributed by atoms with E-state index in [0.717, 1.165) is 11.1 Å². The summed E-state index contributed by atoms with van der Waals surface area (Å²) < 4.78 is 5.19. The van der Waals surface area contributed by atoms with Gasteiger partial charge >= 0.3 is 5.97 Å². The molecule has 0 spiro atoms. The zero-order valence-corrected chi connectivity index (χ0v) is 11.7. The third-order valence-electron chi connectivity index (χ3n) is 2.93. The summed E-state index contributed by atoms with van der Waals surface area (Å²) in [5.41, 5.74) is 7.63. The highest BCUT2D eigenvalue weighted by Crippen LogP contribution is 2.16. The smallest absolute Gasteiger partial charge is 0.323 e. The van der Waals surface area contributed by atoms with E-state index in [1.807, 2.05) is 48.5 Å². The lowest BCUT2D eigenvalue weighted by atomic mass is 10.1. The maximum Gasteiger partial charge on any atom is 0.323 e. The van der Waals surface area contributed by atoms with Crippen molar-refractivity contribution in [2.75, 3.05) is 0 Å². The van der Waals surface area contributed by atoms with Crippen LogP contribution < -0.4 is 5.73 Å². The van der Waals surface area contributed by atoms with Crippen molar-refractivity contribution in [3.8, 4) is 0 Å². The van der Waals surface area contributed by atoms with Crippen LogP contribution in [0.2, 0.25) is 5.02 Å². The van der Waals surface area contributed by atoms with Crippen LogP contribution in [0.25, 0.3) is 0 Å². The van der Waals surface area contributed by atoms with Crippen molar-refractivity contribution in [1.82, 2.24) is 0 Å². The van der Waals surface area contributed by atoms with Crippen LogP contribution >= 0.6 is 11.6 Å². The molecule has 0 aromatic heterocycles. The van der Waals surface area contributed by atoms with Crippen LogP contribution in [0, 0.1) is 0 Å². The van der Waals surface area contributed by atoms with Crippen LogP contribution in [-0.2, 0) is 22.6 Å². The first kappa shape index (κ1) is 14.6. The summed E-state index contributed by atoms with van der Waals surface area (Å²) in [5.74, 6) is -0.422. The standard InChI is InChI=1S/C16H16ClNO2/c17-14-9-5-4-8-13(14)11-20-16(19)15(18)10-12-6-2-1-3-7-12/h1-9,15H,10-11,18H2/t15-/m1/s1. The van der Waals surface area contributed by atoms with E-state index in [-0.39, 0.29) is 6.61 Å². The highest BCUT2D eigenvalue weighted by Gasteiger charge is 2.16. The second-order valence-corrected chi connectivity index (χ2v) is 4.90. The van der Waals surface area contributed by atoms with Crippen molar-refractivity contribution in [3.05, 3.63) is 70.7 Å². The molecule has 0 aliphatic rings. The zero-order valence-electron chi connectivity index (χ0n) is 11.0. The Morgan fingerprint density at radius 3 is 2.45 bits per heavy atom. The molecule has 0 radical (unpaired) electrons. The minimum Gasteiger partial charge on any atom is -0.460 e. The van der Waals surface area contributed by atoms with Gasteiger partial charge in [0.15, 0.2) is 0 Å². The van der Waals surface area contributed by atoms with E-state index in [0.29, 0.717) is 11.4 Å². The van der Waals surface area contributed by atoms with E-state index in [2.05, 4.69) is 0 Å². The molecule has 2 rings (SSSR count). The summed E-state index contributed by atoms with van der Waals surface area (Å²) >= 11 is 5.99. The number of carbonyl (C=O) groups is 1. The molecule has 0 saturated heterocycles. The molecule has 20 heavy (non-hydrogen) atoms. The zero-order chi connectivity index (χ0) is 14.4. The molecule has 104 valence electrons. The first-order valence-electron chi connectivity index (χ1n) is 6.36. The third-order valence-corrected chi connectivity index (χ3v) is 3.30. The Hall–Kier alpha value is -1.84. The summed E-state index contributed by atoms with van der Waals surface area (Å²) in [7, 11) is 0. The average molecular weight is 290 g/mol. The lowest BCUT2D eigenvalue weighted by Gasteiger charge is -2.12. The minimum absolute atomic E-state index is 0.140. The van der Waals surface area contributed by atoms with Gasteiger partial charge < -0.3 is 10.5 Å². The van der Waals surface area contributed by atoms with E-state index < -0.39 is 12.0 Å². The van der Waals surface area contributed by atoms with Crippen molar-refractivity contribution in [2.45, 2.75) is 19.1 Å². The Morgan fingerprint density at radius 1 is 1.10 bits per heavy atom. The second-order valence-electron chi connectivity index (χ2n) is 4.50. The van der Waals surface area contributed by atoms with Crippen LogP contribution in [0.15, 0.2) is 54.6 Å².